The lowest BCUT2D eigenvalue weighted by Crippen LogP contribution is -2.07. The third-order valence-electron chi connectivity index (χ3n) is 4.06. The Labute approximate surface area is 124 Å². The summed E-state index contributed by atoms with van der Waals surface area (Å²) in [5.74, 6) is 1.12. The van der Waals surface area contributed by atoms with E-state index in [1.807, 2.05) is 25.1 Å². The third kappa shape index (κ3) is 2.76. The summed E-state index contributed by atoms with van der Waals surface area (Å²) in [4.78, 5) is 15.0. The van der Waals surface area contributed by atoms with Gasteiger partial charge in [0.15, 0.2) is 5.82 Å². The van der Waals surface area contributed by atoms with Gasteiger partial charge in [0, 0.05) is 32.9 Å². The summed E-state index contributed by atoms with van der Waals surface area (Å²) in [7, 11) is 3.86. The van der Waals surface area contributed by atoms with Crippen molar-refractivity contribution in [1.29, 1.82) is 0 Å². The molecule has 112 valence electrons. The van der Waals surface area contributed by atoms with Crippen LogP contribution in [0.3, 0.4) is 0 Å². The first-order valence-corrected chi connectivity index (χ1v) is 7.32. The molecule has 0 saturated heterocycles. The number of rotatable bonds is 4. The zero-order valence-electron chi connectivity index (χ0n) is 12.5. The Morgan fingerprint density at radius 2 is 2.29 bits per heavy atom. The molecule has 0 radical (unpaired) electrons. The quantitative estimate of drug-likeness (QED) is 0.690. The summed E-state index contributed by atoms with van der Waals surface area (Å²) in [5.41, 5.74) is 0.930. The summed E-state index contributed by atoms with van der Waals surface area (Å²) < 4.78 is 2.21. The molecule has 1 aliphatic rings. The minimum absolute atomic E-state index is 0.281. The number of aromatic nitrogens is 3. The molecule has 2 aromatic rings. The molecule has 2 heterocycles. The first kappa shape index (κ1) is 14.0. The van der Waals surface area contributed by atoms with Gasteiger partial charge in [-0.05, 0) is 31.2 Å². The van der Waals surface area contributed by atoms with Crippen LogP contribution in [0.25, 0.3) is 11.0 Å². The largest absolute Gasteiger partial charge is 0.396 e. The molecule has 1 fully saturated rings. The highest BCUT2D eigenvalue weighted by Crippen LogP contribution is 2.37. The van der Waals surface area contributed by atoms with Crippen molar-refractivity contribution in [3.05, 3.63) is 18.6 Å². The van der Waals surface area contributed by atoms with Crippen molar-refractivity contribution in [3.63, 3.8) is 0 Å². The molecule has 2 unspecified atom stereocenters. The minimum Gasteiger partial charge on any atom is -0.396 e. The molecule has 0 spiro atoms. The van der Waals surface area contributed by atoms with E-state index in [1.54, 1.807) is 12.7 Å². The second kappa shape index (κ2) is 5.81. The van der Waals surface area contributed by atoms with Crippen molar-refractivity contribution < 1.29 is 5.11 Å². The highest BCUT2D eigenvalue weighted by atomic mass is 16.3. The molecule has 2 aromatic heterocycles. The third-order valence-corrected chi connectivity index (χ3v) is 4.06. The Morgan fingerprint density at radius 1 is 1.43 bits per heavy atom. The molecule has 0 aromatic carbocycles. The van der Waals surface area contributed by atoms with Crippen molar-refractivity contribution in [3.8, 4) is 0 Å². The number of hydrogen-bond acceptors (Lipinski definition) is 4. The fourth-order valence-corrected chi connectivity index (χ4v) is 2.99. The summed E-state index contributed by atoms with van der Waals surface area (Å²) >= 11 is 0. The summed E-state index contributed by atoms with van der Waals surface area (Å²) in [6.45, 7) is 0.281. The van der Waals surface area contributed by atoms with Crippen LogP contribution in [0.4, 0.5) is 5.82 Å². The lowest BCUT2D eigenvalue weighted by Gasteiger charge is -2.13. The molecule has 0 aliphatic heterocycles. The Bertz CT molecular complexity index is 649. The lowest BCUT2D eigenvalue weighted by molar-refractivity contribution is 0.226. The van der Waals surface area contributed by atoms with E-state index in [0.717, 1.165) is 30.3 Å². The van der Waals surface area contributed by atoms with Crippen LogP contribution in [0.5, 0.6) is 0 Å². The van der Waals surface area contributed by atoms with E-state index < -0.39 is 0 Å². The molecule has 21 heavy (non-hydrogen) atoms. The van der Waals surface area contributed by atoms with Crippen LogP contribution < -0.4 is 0 Å². The molecule has 3 rings (SSSR count). The summed E-state index contributed by atoms with van der Waals surface area (Å²) in [5, 5.41) is 10.3. The predicted molar refractivity (Wildman–Crippen MR) is 82.8 cm³/mol. The van der Waals surface area contributed by atoms with Crippen LogP contribution in [0.1, 0.15) is 25.3 Å². The number of hydrogen-bond donors (Lipinski definition) is 1. The standard InChI is InChI=1S/C15H21N5O/c1-19(2)10-18-14-13-5-6-20(15(13)17-9-16-14)12-4-3-11(7-12)8-21/h5-6,9-12,21H,3-4,7-8H2,1-2H3. The van der Waals surface area contributed by atoms with Gasteiger partial charge in [0.1, 0.15) is 12.0 Å². The van der Waals surface area contributed by atoms with Crippen LogP contribution in [0.15, 0.2) is 23.6 Å². The maximum Gasteiger partial charge on any atom is 0.166 e. The molecular weight excluding hydrogens is 266 g/mol. The Morgan fingerprint density at radius 3 is 3.00 bits per heavy atom. The molecule has 1 N–H and O–H groups in total. The smallest absolute Gasteiger partial charge is 0.166 e. The molecule has 6 heteroatoms. The Hall–Kier alpha value is -1.95. The van der Waals surface area contributed by atoms with Crippen LogP contribution >= 0.6 is 0 Å². The van der Waals surface area contributed by atoms with Crippen LogP contribution in [0, 0.1) is 5.92 Å². The fourth-order valence-electron chi connectivity index (χ4n) is 2.99. The maximum absolute atomic E-state index is 9.30. The predicted octanol–water partition coefficient (Wildman–Crippen LogP) is 1.99. The molecule has 0 amide bonds. The van der Waals surface area contributed by atoms with Crippen molar-refractivity contribution in [1.82, 2.24) is 19.4 Å². The van der Waals surface area contributed by atoms with Gasteiger partial charge < -0.3 is 14.6 Å². The Balaban J connectivity index is 1.94. The highest BCUT2D eigenvalue weighted by Gasteiger charge is 2.26. The van der Waals surface area contributed by atoms with Gasteiger partial charge in [0.2, 0.25) is 0 Å². The van der Waals surface area contributed by atoms with E-state index in [-0.39, 0.29) is 6.61 Å². The van der Waals surface area contributed by atoms with Crippen molar-refractivity contribution in [2.24, 2.45) is 10.9 Å². The zero-order chi connectivity index (χ0) is 14.8. The molecule has 0 bridgehead atoms. The first-order chi connectivity index (χ1) is 10.2. The average molecular weight is 287 g/mol. The van der Waals surface area contributed by atoms with Crippen molar-refractivity contribution >= 4 is 23.2 Å². The van der Waals surface area contributed by atoms with Gasteiger partial charge in [0.05, 0.1) is 11.7 Å². The van der Waals surface area contributed by atoms with E-state index in [0.29, 0.717) is 17.8 Å². The lowest BCUT2D eigenvalue weighted by atomic mass is 10.1. The minimum atomic E-state index is 0.281. The SMILES string of the molecule is CN(C)C=Nc1ncnc2c1ccn2C1CCC(CO)C1. The fraction of sp³-hybridized carbons (Fsp3) is 0.533. The second-order valence-electron chi connectivity index (χ2n) is 5.88. The zero-order valence-corrected chi connectivity index (χ0v) is 12.5. The van der Waals surface area contributed by atoms with Gasteiger partial charge in [-0.3, -0.25) is 0 Å². The van der Waals surface area contributed by atoms with Gasteiger partial charge in [0.25, 0.3) is 0 Å². The van der Waals surface area contributed by atoms with Crippen LogP contribution in [0.2, 0.25) is 0 Å². The topological polar surface area (TPSA) is 66.5 Å². The van der Waals surface area contributed by atoms with Gasteiger partial charge in [-0.15, -0.1) is 0 Å². The summed E-state index contributed by atoms with van der Waals surface area (Å²) in [6.07, 6.45) is 8.57. The van der Waals surface area contributed by atoms with Gasteiger partial charge in [-0.2, -0.15) is 0 Å². The van der Waals surface area contributed by atoms with Crippen molar-refractivity contribution in [2.75, 3.05) is 20.7 Å². The normalized spacial score (nSPS) is 22.4. The van der Waals surface area contributed by atoms with E-state index in [9.17, 15) is 5.11 Å². The molecule has 2 atom stereocenters. The van der Waals surface area contributed by atoms with Gasteiger partial charge in [-0.1, -0.05) is 0 Å². The molecular formula is C15H21N5O. The monoisotopic (exact) mass is 287 g/mol. The molecule has 1 saturated carbocycles. The molecule has 6 nitrogen and oxygen atoms in total. The number of aliphatic imine (C=N–C) groups is 1. The maximum atomic E-state index is 9.30. The van der Waals surface area contributed by atoms with E-state index in [4.69, 9.17) is 0 Å². The van der Waals surface area contributed by atoms with E-state index in [1.165, 1.54) is 0 Å². The number of nitrogens with zero attached hydrogens (tertiary/aromatic N) is 5. The summed E-state index contributed by atoms with van der Waals surface area (Å²) in [6, 6.07) is 2.45. The second-order valence-corrected chi connectivity index (χ2v) is 5.88. The number of fused-ring (bicyclic) bond motifs is 1. The number of aliphatic hydroxyl groups is 1. The van der Waals surface area contributed by atoms with Crippen LogP contribution in [-0.4, -0.2) is 51.6 Å². The average Bonchev–Trinajstić information content (AvgIpc) is 3.10. The van der Waals surface area contributed by atoms with Crippen molar-refractivity contribution in [2.45, 2.75) is 25.3 Å². The van der Waals surface area contributed by atoms with Gasteiger partial charge >= 0.3 is 0 Å². The highest BCUT2D eigenvalue weighted by molar-refractivity contribution is 5.87. The number of aliphatic hydroxyl groups excluding tert-OH is 1. The van der Waals surface area contributed by atoms with E-state index >= 15 is 0 Å². The first-order valence-electron chi connectivity index (χ1n) is 7.32. The van der Waals surface area contributed by atoms with Crippen LogP contribution in [-0.2, 0) is 0 Å². The van der Waals surface area contributed by atoms with E-state index in [2.05, 4.69) is 25.7 Å². The molecule has 1 aliphatic carbocycles. The Kier molecular flexibility index (Phi) is 3.88. The van der Waals surface area contributed by atoms with Gasteiger partial charge in [-0.25, -0.2) is 15.0 Å².